The number of nitriles is 2. The van der Waals surface area contributed by atoms with Gasteiger partial charge >= 0.3 is 0 Å². The van der Waals surface area contributed by atoms with Crippen molar-refractivity contribution in [1.82, 2.24) is 5.32 Å². The molecule has 3 nitrogen and oxygen atoms in total. The van der Waals surface area contributed by atoms with Crippen molar-refractivity contribution in [2.75, 3.05) is 0 Å². The van der Waals surface area contributed by atoms with Crippen molar-refractivity contribution in [1.29, 1.82) is 10.5 Å². The number of hydrogen-bond acceptors (Lipinski definition) is 3. The molecule has 4 heteroatoms. The molecule has 0 aliphatic rings. The Labute approximate surface area is 116 Å². The minimum absolute atomic E-state index is 0.0516. The van der Waals surface area contributed by atoms with Gasteiger partial charge in [-0.1, -0.05) is 36.4 Å². The van der Waals surface area contributed by atoms with E-state index in [1.54, 1.807) is 6.07 Å². The first-order chi connectivity index (χ1) is 9.74. The number of rotatable bonds is 4. The summed E-state index contributed by atoms with van der Waals surface area (Å²) < 4.78 is 13.3. The van der Waals surface area contributed by atoms with Crippen molar-refractivity contribution in [3.8, 4) is 12.1 Å². The first-order valence-electron chi connectivity index (χ1n) is 6.11. The van der Waals surface area contributed by atoms with E-state index >= 15 is 0 Å². The molecule has 1 N–H and O–H groups in total. The summed E-state index contributed by atoms with van der Waals surface area (Å²) in [5, 5.41) is 21.1. The van der Waals surface area contributed by atoms with Crippen LogP contribution < -0.4 is 5.32 Å². The van der Waals surface area contributed by atoms with E-state index in [0.29, 0.717) is 12.1 Å². The van der Waals surface area contributed by atoms with Crippen LogP contribution in [0.1, 0.15) is 22.7 Å². The fourth-order valence-electron chi connectivity index (χ4n) is 1.86. The Balaban J connectivity index is 2.13. The molecule has 1 atom stereocenters. The molecule has 2 aromatic rings. The molecule has 98 valence electrons. The molecular weight excluding hydrogens is 253 g/mol. The van der Waals surface area contributed by atoms with E-state index in [1.165, 1.54) is 18.2 Å². The molecule has 2 rings (SSSR count). The minimum atomic E-state index is -0.581. The van der Waals surface area contributed by atoms with Crippen LogP contribution in [0.2, 0.25) is 0 Å². The Kier molecular flexibility index (Phi) is 4.44. The summed E-state index contributed by atoms with van der Waals surface area (Å²) in [6, 6.07) is 17.1. The molecule has 20 heavy (non-hydrogen) atoms. The number of halogens is 1. The number of benzene rings is 2. The highest BCUT2D eigenvalue weighted by molar-refractivity contribution is 5.37. The van der Waals surface area contributed by atoms with Crippen molar-refractivity contribution in [3.63, 3.8) is 0 Å². The van der Waals surface area contributed by atoms with Crippen LogP contribution in [0.15, 0.2) is 48.5 Å². The van der Waals surface area contributed by atoms with Gasteiger partial charge in [-0.3, -0.25) is 5.32 Å². The van der Waals surface area contributed by atoms with Crippen LogP contribution >= 0.6 is 0 Å². The predicted molar refractivity (Wildman–Crippen MR) is 72.8 cm³/mol. The van der Waals surface area contributed by atoms with Crippen LogP contribution in [-0.2, 0) is 6.54 Å². The van der Waals surface area contributed by atoms with Crippen LogP contribution in [0.5, 0.6) is 0 Å². The molecule has 0 amide bonds. The van der Waals surface area contributed by atoms with Crippen molar-refractivity contribution in [2.24, 2.45) is 0 Å². The number of nitrogens with one attached hydrogen (secondary N) is 1. The van der Waals surface area contributed by atoms with Gasteiger partial charge in [0, 0.05) is 6.54 Å². The van der Waals surface area contributed by atoms with E-state index in [-0.39, 0.29) is 5.56 Å². The van der Waals surface area contributed by atoms with Crippen molar-refractivity contribution in [3.05, 3.63) is 71.0 Å². The molecule has 1 unspecified atom stereocenters. The number of nitrogens with zero attached hydrogens (tertiary/aromatic N) is 2. The van der Waals surface area contributed by atoms with Crippen LogP contribution in [0, 0.1) is 28.5 Å². The molecule has 0 fully saturated rings. The normalized spacial score (nSPS) is 11.3. The topological polar surface area (TPSA) is 59.6 Å². The van der Waals surface area contributed by atoms with Crippen molar-refractivity contribution in [2.45, 2.75) is 12.6 Å². The summed E-state index contributed by atoms with van der Waals surface area (Å²) in [4.78, 5) is 0. The van der Waals surface area contributed by atoms with Crippen LogP contribution in [0.4, 0.5) is 4.39 Å². The maximum Gasteiger partial charge on any atom is 0.140 e. The summed E-state index contributed by atoms with van der Waals surface area (Å²) in [5.74, 6) is -0.573. The molecule has 0 spiro atoms. The van der Waals surface area contributed by atoms with Crippen LogP contribution in [-0.4, -0.2) is 0 Å². The Bertz CT molecular complexity index is 668. The van der Waals surface area contributed by atoms with E-state index in [2.05, 4.69) is 11.4 Å². The first kappa shape index (κ1) is 13.7. The van der Waals surface area contributed by atoms with Gasteiger partial charge in [-0.05, 0) is 23.3 Å². The Hall–Kier alpha value is -2.69. The van der Waals surface area contributed by atoms with E-state index < -0.39 is 11.9 Å². The molecule has 0 bridgehead atoms. The zero-order chi connectivity index (χ0) is 14.4. The monoisotopic (exact) mass is 265 g/mol. The summed E-state index contributed by atoms with van der Waals surface area (Å²) >= 11 is 0. The van der Waals surface area contributed by atoms with Crippen molar-refractivity contribution >= 4 is 0 Å². The maximum atomic E-state index is 13.3. The smallest absolute Gasteiger partial charge is 0.140 e. The quantitative estimate of drug-likeness (QED) is 0.924. The molecule has 0 radical (unpaired) electrons. The molecule has 0 saturated carbocycles. The molecule has 2 aromatic carbocycles. The third kappa shape index (κ3) is 3.20. The van der Waals surface area contributed by atoms with E-state index in [0.717, 1.165) is 5.56 Å². The van der Waals surface area contributed by atoms with Gasteiger partial charge in [-0.25, -0.2) is 4.39 Å². The lowest BCUT2D eigenvalue weighted by molar-refractivity contribution is 0.611. The van der Waals surface area contributed by atoms with Gasteiger partial charge in [-0.15, -0.1) is 0 Å². The third-order valence-corrected chi connectivity index (χ3v) is 2.93. The second-order valence-corrected chi connectivity index (χ2v) is 4.28. The van der Waals surface area contributed by atoms with E-state index in [1.807, 2.05) is 30.3 Å². The number of hydrogen-bond donors (Lipinski definition) is 1. The highest BCUT2D eigenvalue weighted by Gasteiger charge is 2.12. The SMILES string of the molecule is N#Cc1cc(C(C#N)NCc2ccccc2)ccc1F. The van der Waals surface area contributed by atoms with E-state index in [9.17, 15) is 9.65 Å². The van der Waals surface area contributed by atoms with Gasteiger partial charge in [-0.2, -0.15) is 10.5 Å². The zero-order valence-corrected chi connectivity index (χ0v) is 10.7. The average molecular weight is 265 g/mol. The summed E-state index contributed by atoms with van der Waals surface area (Å²) in [5.41, 5.74) is 1.58. The second-order valence-electron chi connectivity index (χ2n) is 4.28. The lowest BCUT2D eigenvalue weighted by Gasteiger charge is -2.12. The molecule has 0 aliphatic carbocycles. The van der Waals surface area contributed by atoms with Gasteiger partial charge < -0.3 is 0 Å². The van der Waals surface area contributed by atoms with Crippen LogP contribution in [0.3, 0.4) is 0 Å². The van der Waals surface area contributed by atoms with Crippen molar-refractivity contribution < 1.29 is 4.39 Å². The molecule has 0 heterocycles. The maximum absolute atomic E-state index is 13.3. The largest absolute Gasteiger partial charge is 0.294 e. The summed E-state index contributed by atoms with van der Waals surface area (Å²) in [7, 11) is 0. The second kappa shape index (κ2) is 6.47. The molecular formula is C16H12FN3. The lowest BCUT2D eigenvalue weighted by atomic mass is 10.0. The van der Waals surface area contributed by atoms with Gasteiger partial charge in [0.2, 0.25) is 0 Å². The predicted octanol–water partition coefficient (Wildman–Crippen LogP) is 3.05. The molecule has 0 saturated heterocycles. The zero-order valence-electron chi connectivity index (χ0n) is 10.7. The van der Waals surface area contributed by atoms with Crippen LogP contribution in [0.25, 0.3) is 0 Å². The van der Waals surface area contributed by atoms with Gasteiger partial charge in [0.15, 0.2) is 0 Å². The molecule has 0 aliphatic heterocycles. The van der Waals surface area contributed by atoms with Gasteiger partial charge in [0.25, 0.3) is 0 Å². The van der Waals surface area contributed by atoms with Gasteiger partial charge in [0.05, 0.1) is 11.6 Å². The fraction of sp³-hybridized carbons (Fsp3) is 0.125. The average Bonchev–Trinajstić information content (AvgIpc) is 2.50. The Morgan fingerprint density at radius 1 is 1.10 bits per heavy atom. The summed E-state index contributed by atoms with van der Waals surface area (Å²) in [6.07, 6.45) is 0. The van der Waals surface area contributed by atoms with E-state index in [4.69, 9.17) is 5.26 Å². The third-order valence-electron chi connectivity index (χ3n) is 2.93. The Morgan fingerprint density at radius 2 is 1.85 bits per heavy atom. The standard InChI is InChI=1S/C16H12FN3/c17-15-7-6-13(8-14(15)9-18)16(10-19)20-11-12-4-2-1-3-5-12/h1-8,16,20H,11H2. The highest BCUT2D eigenvalue weighted by atomic mass is 19.1. The van der Waals surface area contributed by atoms with Gasteiger partial charge in [0.1, 0.15) is 17.9 Å². The Morgan fingerprint density at radius 3 is 2.50 bits per heavy atom. The summed E-state index contributed by atoms with van der Waals surface area (Å²) in [6.45, 7) is 0.526. The minimum Gasteiger partial charge on any atom is -0.294 e. The first-order valence-corrected chi connectivity index (χ1v) is 6.11. The molecule has 0 aromatic heterocycles. The fourth-order valence-corrected chi connectivity index (χ4v) is 1.86. The highest BCUT2D eigenvalue weighted by Crippen LogP contribution is 2.17. The lowest BCUT2D eigenvalue weighted by Crippen LogP contribution is -2.19.